The Bertz CT molecular complexity index is 450. The third-order valence-electron chi connectivity index (χ3n) is 4.36. The molecular weight excluding hydrogens is 399 g/mol. The summed E-state index contributed by atoms with van der Waals surface area (Å²) < 4.78 is 0. The fourth-order valence-corrected chi connectivity index (χ4v) is 3.21. The summed E-state index contributed by atoms with van der Waals surface area (Å²) in [5, 5.41) is 6.77. The lowest BCUT2D eigenvalue weighted by Gasteiger charge is -2.26. The minimum absolute atomic E-state index is 0. The van der Waals surface area contributed by atoms with Gasteiger partial charge in [0, 0.05) is 19.3 Å². The van der Waals surface area contributed by atoms with Crippen molar-refractivity contribution in [2.45, 2.75) is 52.5 Å². The zero-order chi connectivity index (χ0) is 15.6. The first-order valence-corrected chi connectivity index (χ1v) is 8.70. The normalized spacial score (nSPS) is 21.4. The largest absolute Gasteiger partial charge is 0.357 e. The summed E-state index contributed by atoms with van der Waals surface area (Å²) in [6.45, 7) is 7.00. The highest BCUT2D eigenvalue weighted by molar-refractivity contribution is 14.0. The lowest BCUT2D eigenvalue weighted by molar-refractivity contribution is 0.270. The lowest BCUT2D eigenvalue weighted by Crippen LogP contribution is -2.38. The Kier molecular flexibility index (Phi) is 10.2. The van der Waals surface area contributed by atoms with E-state index in [1.165, 1.54) is 32.1 Å². The number of nitrogens with zero attached hydrogens (tertiary/aromatic N) is 2. The maximum absolute atomic E-state index is 4.61. The molecule has 0 bridgehead atoms. The quantitative estimate of drug-likeness (QED) is 0.408. The molecule has 2 atom stereocenters. The molecule has 0 spiro atoms. The van der Waals surface area contributed by atoms with Crippen molar-refractivity contribution >= 4 is 29.9 Å². The van der Waals surface area contributed by atoms with Crippen molar-refractivity contribution in [1.82, 2.24) is 15.6 Å². The molecule has 0 amide bonds. The average Bonchev–Trinajstić information content (AvgIpc) is 2.54. The fraction of sp³-hybridized carbons (Fsp3) is 0.667. The minimum atomic E-state index is 0. The summed E-state index contributed by atoms with van der Waals surface area (Å²) in [5.41, 5.74) is 1.00. The minimum Gasteiger partial charge on any atom is -0.357 e. The van der Waals surface area contributed by atoms with Gasteiger partial charge in [0.1, 0.15) is 0 Å². The van der Waals surface area contributed by atoms with Crippen LogP contribution in [0, 0.1) is 11.8 Å². The molecule has 2 N–H and O–H groups in total. The van der Waals surface area contributed by atoms with Crippen molar-refractivity contribution in [2.24, 2.45) is 16.8 Å². The van der Waals surface area contributed by atoms with Crippen LogP contribution < -0.4 is 10.6 Å². The second-order valence-electron chi connectivity index (χ2n) is 6.37. The molecule has 0 aromatic carbocycles. The Hall–Kier alpha value is -0.850. The van der Waals surface area contributed by atoms with E-state index in [1.807, 2.05) is 24.4 Å². The third-order valence-corrected chi connectivity index (χ3v) is 4.36. The van der Waals surface area contributed by atoms with Crippen LogP contribution in [0.15, 0.2) is 29.4 Å². The smallest absolute Gasteiger partial charge is 0.191 e. The monoisotopic (exact) mass is 430 g/mol. The van der Waals surface area contributed by atoms with Gasteiger partial charge in [0.15, 0.2) is 5.96 Å². The van der Waals surface area contributed by atoms with Crippen molar-refractivity contribution in [2.75, 3.05) is 13.1 Å². The summed E-state index contributed by atoms with van der Waals surface area (Å²) in [6.07, 6.45) is 8.67. The van der Waals surface area contributed by atoms with E-state index in [9.17, 15) is 0 Å². The maximum atomic E-state index is 4.61. The van der Waals surface area contributed by atoms with Crippen molar-refractivity contribution in [1.29, 1.82) is 0 Å². The third kappa shape index (κ3) is 7.99. The number of nitrogens with one attached hydrogen (secondary N) is 2. The predicted molar refractivity (Wildman–Crippen MR) is 108 cm³/mol. The Labute approximate surface area is 158 Å². The summed E-state index contributed by atoms with van der Waals surface area (Å²) >= 11 is 0. The maximum Gasteiger partial charge on any atom is 0.191 e. The molecule has 130 valence electrons. The van der Waals surface area contributed by atoms with E-state index in [0.717, 1.165) is 36.6 Å². The van der Waals surface area contributed by atoms with Crippen LogP contribution in [0.5, 0.6) is 0 Å². The van der Waals surface area contributed by atoms with Crippen LogP contribution in [0.25, 0.3) is 0 Å². The van der Waals surface area contributed by atoms with Gasteiger partial charge in [-0.05, 0) is 43.7 Å². The van der Waals surface area contributed by atoms with Crippen molar-refractivity contribution in [3.8, 4) is 0 Å². The molecule has 1 aliphatic rings. The van der Waals surface area contributed by atoms with Gasteiger partial charge in [-0.1, -0.05) is 32.3 Å². The van der Waals surface area contributed by atoms with Crippen LogP contribution in [-0.4, -0.2) is 24.0 Å². The first-order valence-electron chi connectivity index (χ1n) is 8.70. The Morgan fingerprint density at radius 2 is 2.17 bits per heavy atom. The van der Waals surface area contributed by atoms with Gasteiger partial charge in [-0.3, -0.25) is 4.98 Å². The average molecular weight is 430 g/mol. The molecule has 1 saturated carbocycles. The fourth-order valence-electron chi connectivity index (χ4n) is 3.21. The van der Waals surface area contributed by atoms with E-state index in [-0.39, 0.29) is 24.0 Å². The van der Waals surface area contributed by atoms with Crippen LogP contribution in [0.3, 0.4) is 0 Å². The molecule has 0 radical (unpaired) electrons. The lowest BCUT2D eigenvalue weighted by atomic mass is 9.81. The first kappa shape index (κ1) is 20.2. The van der Waals surface area contributed by atoms with Gasteiger partial charge in [-0.15, -0.1) is 24.0 Å². The summed E-state index contributed by atoms with van der Waals surface area (Å²) in [6, 6.07) is 5.95. The molecule has 0 aliphatic heterocycles. The standard InChI is InChI=1S/C18H30N4.HI/c1-3-19-18(22-14-17-9-4-5-11-20-17)21-12-10-16-8-6-7-15(2)13-16;/h4-5,9,11,15-16H,3,6-8,10,12-14H2,1-2H3,(H2,19,21,22);1H. The molecule has 1 aromatic rings. The molecule has 2 rings (SSSR count). The number of hydrogen-bond acceptors (Lipinski definition) is 2. The number of halogens is 1. The second kappa shape index (κ2) is 11.6. The summed E-state index contributed by atoms with van der Waals surface area (Å²) in [5.74, 6) is 2.69. The van der Waals surface area contributed by atoms with E-state index >= 15 is 0 Å². The highest BCUT2D eigenvalue weighted by Crippen LogP contribution is 2.30. The van der Waals surface area contributed by atoms with E-state index in [2.05, 4.69) is 34.5 Å². The number of hydrogen-bond donors (Lipinski definition) is 2. The highest BCUT2D eigenvalue weighted by Gasteiger charge is 2.18. The van der Waals surface area contributed by atoms with E-state index in [4.69, 9.17) is 0 Å². The molecule has 0 saturated heterocycles. The van der Waals surface area contributed by atoms with Crippen molar-refractivity contribution < 1.29 is 0 Å². The molecule has 1 fully saturated rings. The summed E-state index contributed by atoms with van der Waals surface area (Å²) in [4.78, 5) is 8.92. The van der Waals surface area contributed by atoms with Crippen LogP contribution in [0.2, 0.25) is 0 Å². The van der Waals surface area contributed by atoms with Crippen LogP contribution in [0.4, 0.5) is 0 Å². The van der Waals surface area contributed by atoms with Gasteiger partial charge in [0.2, 0.25) is 0 Å². The van der Waals surface area contributed by atoms with E-state index in [0.29, 0.717) is 6.54 Å². The number of guanidine groups is 1. The van der Waals surface area contributed by atoms with Gasteiger partial charge >= 0.3 is 0 Å². The number of aliphatic imine (C=N–C) groups is 1. The van der Waals surface area contributed by atoms with Crippen LogP contribution in [0.1, 0.15) is 51.6 Å². The highest BCUT2D eigenvalue weighted by atomic mass is 127. The second-order valence-corrected chi connectivity index (χ2v) is 6.37. The molecule has 1 aliphatic carbocycles. The number of rotatable bonds is 6. The van der Waals surface area contributed by atoms with E-state index < -0.39 is 0 Å². The molecule has 1 aromatic heterocycles. The molecule has 1 heterocycles. The van der Waals surface area contributed by atoms with Crippen molar-refractivity contribution in [3.05, 3.63) is 30.1 Å². The predicted octanol–water partition coefficient (Wildman–Crippen LogP) is 3.97. The molecular formula is C18H31IN4. The molecule has 23 heavy (non-hydrogen) atoms. The SMILES string of the molecule is CCNC(=NCc1ccccn1)NCCC1CCCC(C)C1.I. The molecule has 5 heteroatoms. The first-order chi connectivity index (χ1) is 10.8. The van der Waals surface area contributed by atoms with Gasteiger partial charge in [-0.25, -0.2) is 4.99 Å². The Morgan fingerprint density at radius 1 is 1.30 bits per heavy atom. The Balaban J connectivity index is 0.00000264. The number of aromatic nitrogens is 1. The van der Waals surface area contributed by atoms with Crippen LogP contribution in [-0.2, 0) is 6.54 Å². The van der Waals surface area contributed by atoms with Gasteiger partial charge in [0.25, 0.3) is 0 Å². The number of pyridine rings is 1. The van der Waals surface area contributed by atoms with Crippen molar-refractivity contribution in [3.63, 3.8) is 0 Å². The molecule has 4 nitrogen and oxygen atoms in total. The molecule has 2 unspecified atom stereocenters. The zero-order valence-corrected chi connectivity index (χ0v) is 16.8. The zero-order valence-electron chi connectivity index (χ0n) is 14.4. The van der Waals surface area contributed by atoms with Gasteiger partial charge in [0.05, 0.1) is 12.2 Å². The van der Waals surface area contributed by atoms with E-state index in [1.54, 1.807) is 0 Å². The topological polar surface area (TPSA) is 49.3 Å². The van der Waals surface area contributed by atoms with Gasteiger partial charge in [-0.2, -0.15) is 0 Å². The van der Waals surface area contributed by atoms with Crippen LogP contribution >= 0.6 is 24.0 Å². The summed E-state index contributed by atoms with van der Waals surface area (Å²) in [7, 11) is 0. The Morgan fingerprint density at radius 3 is 2.87 bits per heavy atom. The van der Waals surface area contributed by atoms with Gasteiger partial charge < -0.3 is 10.6 Å².